The molecule has 2 rings (SSSR count). The number of benzene rings is 1. The summed E-state index contributed by atoms with van der Waals surface area (Å²) in [6.45, 7) is 0.740. The van der Waals surface area contributed by atoms with E-state index >= 15 is 0 Å². The molecule has 1 aromatic carbocycles. The highest BCUT2D eigenvalue weighted by molar-refractivity contribution is 5.40. The van der Waals surface area contributed by atoms with Gasteiger partial charge in [0.25, 0.3) is 0 Å². The lowest BCUT2D eigenvalue weighted by Gasteiger charge is -2.01. The van der Waals surface area contributed by atoms with Crippen LogP contribution < -0.4 is 4.74 Å². The summed E-state index contributed by atoms with van der Waals surface area (Å²) in [5.74, 6) is 4.08. The molecule has 0 saturated carbocycles. The third kappa shape index (κ3) is 1.06. The Kier molecular flexibility index (Phi) is 1.75. The van der Waals surface area contributed by atoms with Gasteiger partial charge in [0.1, 0.15) is 5.75 Å². The van der Waals surface area contributed by atoms with Gasteiger partial charge in [-0.05, 0) is 6.07 Å². The fourth-order valence-corrected chi connectivity index (χ4v) is 1.54. The highest BCUT2D eigenvalue weighted by Crippen LogP contribution is 2.34. The first-order chi connectivity index (χ1) is 5.92. The van der Waals surface area contributed by atoms with Gasteiger partial charge < -0.3 is 4.74 Å². The van der Waals surface area contributed by atoms with Gasteiger partial charge in [0.05, 0.1) is 6.61 Å². The van der Waals surface area contributed by atoms with Crippen molar-refractivity contribution in [1.29, 1.82) is 0 Å². The quantitative estimate of drug-likeness (QED) is 0.569. The van der Waals surface area contributed by atoms with Crippen molar-refractivity contribution in [2.75, 3.05) is 6.61 Å². The lowest BCUT2D eigenvalue weighted by atomic mass is 9.99. The van der Waals surface area contributed by atoms with Crippen molar-refractivity contribution < 1.29 is 4.74 Å². The summed E-state index contributed by atoms with van der Waals surface area (Å²) < 4.78 is 5.47. The second-order valence-electron chi connectivity index (χ2n) is 2.95. The van der Waals surface area contributed by atoms with E-state index in [2.05, 4.69) is 12.0 Å². The van der Waals surface area contributed by atoms with Gasteiger partial charge in [0, 0.05) is 17.9 Å². The molecule has 0 aliphatic carbocycles. The van der Waals surface area contributed by atoms with Gasteiger partial charge >= 0.3 is 0 Å². The van der Waals surface area contributed by atoms with Crippen LogP contribution in [-0.2, 0) is 0 Å². The standard InChI is InChI=1S/C11H10O/c1-2-5-9-8-12-11-7-4-3-6-10(9)11/h1,3-4,6-7,9H,5,8H2. The molecule has 60 valence electrons. The lowest BCUT2D eigenvalue weighted by Crippen LogP contribution is -1.98. The topological polar surface area (TPSA) is 9.23 Å². The lowest BCUT2D eigenvalue weighted by molar-refractivity contribution is 0.332. The van der Waals surface area contributed by atoms with E-state index in [0.29, 0.717) is 5.92 Å². The zero-order chi connectivity index (χ0) is 8.39. The minimum Gasteiger partial charge on any atom is -0.493 e. The molecule has 0 N–H and O–H groups in total. The minimum absolute atomic E-state index is 0.409. The molecule has 0 spiro atoms. The van der Waals surface area contributed by atoms with Crippen molar-refractivity contribution in [2.24, 2.45) is 0 Å². The second kappa shape index (κ2) is 2.91. The van der Waals surface area contributed by atoms with E-state index < -0.39 is 0 Å². The van der Waals surface area contributed by atoms with Crippen LogP contribution in [0, 0.1) is 12.3 Å². The molecule has 12 heavy (non-hydrogen) atoms. The van der Waals surface area contributed by atoms with Gasteiger partial charge in [0.2, 0.25) is 0 Å². The Bertz CT molecular complexity index is 322. The smallest absolute Gasteiger partial charge is 0.122 e. The van der Waals surface area contributed by atoms with Crippen LogP contribution in [0.4, 0.5) is 0 Å². The van der Waals surface area contributed by atoms with Crippen LogP contribution in [0.5, 0.6) is 5.75 Å². The van der Waals surface area contributed by atoms with Crippen molar-refractivity contribution in [3.05, 3.63) is 29.8 Å². The average Bonchev–Trinajstić information content (AvgIpc) is 2.50. The monoisotopic (exact) mass is 158 g/mol. The molecule has 0 radical (unpaired) electrons. The van der Waals surface area contributed by atoms with E-state index in [1.54, 1.807) is 0 Å². The number of ether oxygens (including phenoxy) is 1. The van der Waals surface area contributed by atoms with Crippen molar-refractivity contribution in [1.82, 2.24) is 0 Å². The first-order valence-electron chi connectivity index (χ1n) is 4.07. The normalized spacial score (nSPS) is 19.4. The van der Waals surface area contributed by atoms with Crippen LogP contribution in [0.15, 0.2) is 24.3 Å². The maximum absolute atomic E-state index is 5.47. The van der Waals surface area contributed by atoms with E-state index in [-0.39, 0.29) is 0 Å². The van der Waals surface area contributed by atoms with Crippen LogP contribution in [0.3, 0.4) is 0 Å². The fraction of sp³-hybridized carbons (Fsp3) is 0.273. The largest absolute Gasteiger partial charge is 0.493 e. The summed E-state index contributed by atoms with van der Waals surface area (Å²) >= 11 is 0. The molecular weight excluding hydrogens is 148 g/mol. The predicted octanol–water partition coefficient (Wildman–Crippen LogP) is 2.19. The Balaban J connectivity index is 2.31. The Labute approximate surface area is 72.4 Å². The third-order valence-electron chi connectivity index (χ3n) is 2.16. The summed E-state index contributed by atoms with van der Waals surface area (Å²) in [4.78, 5) is 0. The molecule has 1 nitrogen and oxygen atoms in total. The summed E-state index contributed by atoms with van der Waals surface area (Å²) in [6.07, 6.45) is 6.03. The Morgan fingerprint density at radius 1 is 1.50 bits per heavy atom. The van der Waals surface area contributed by atoms with Crippen LogP contribution in [0.2, 0.25) is 0 Å². The van der Waals surface area contributed by atoms with Gasteiger partial charge in [0.15, 0.2) is 0 Å². The molecule has 0 amide bonds. The molecule has 0 aromatic heterocycles. The zero-order valence-electron chi connectivity index (χ0n) is 6.79. The summed E-state index contributed by atoms with van der Waals surface area (Å²) in [7, 11) is 0. The van der Waals surface area contributed by atoms with Crippen LogP contribution in [-0.4, -0.2) is 6.61 Å². The summed E-state index contributed by atoms with van der Waals surface area (Å²) in [5, 5.41) is 0. The van der Waals surface area contributed by atoms with Crippen LogP contribution >= 0.6 is 0 Å². The molecule has 1 heterocycles. The molecule has 0 fully saturated rings. The van der Waals surface area contributed by atoms with Crippen molar-refractivity contribution in [2.45, 2.75) is 12.3 Å². The second-order valence-corrected chi connectivity index (χ2v) is 2.95. The molecule has 1 atom stereocenters. The number of fused-ring (bicyclic) bond motifs is 1. The SMILES string of the molecule is C#CCC1COc2ccccc21. The first kappa shape index (κ1) is 7.24. The number of para-hydroxylation sites is 1. The van der Waals surface area contributed by atoms with Gasteiger partial charge in [-0.2, -0.15) is 0 Å². The van der Waals surface area contributed by atoms with Crippen molar-refractivity contribution >= 4 is 0 Å². The number of rotatable bonds is 1. The van der Waals surface area contributed by atoms with Crippen molar-refractivity contribution in [3.63, 3.8) is 0 Å². The molecule has 0 bridgehead atoms. The van der Waals surface area contributed by atoms with Gasteiger partial charge in [-0.15, -0.1) is 12.3 Å². The van der Waals surface area contributed by atoms with E-state index in [4.69, 9.17) is 11.2 Å². The number of terminal acetylenes is 1. The molecular formula is C11H10O. The molecule has 1 aromatic rings. The van der Waals surface area contributed by atoms with E-state index in [9.17, 15) is 0 Å². The zero-order valence-corrected chi connectivity index (χ0v) is 6.79. The maximum atomic E-state index is 5.47. The molecule has 0 saturated heterocycles. The highest BCUT2D eigenvalue weighted by Gasteiger charge is 2.21. The Morgan fingerprint density at radius 3 is 3.17 bits per heavy atom. The van der Waals surface area contributed by atoms with Gasteiger partial charge in [-0.1, -0.05) is 18.2 Å². The van der Waals surface area contributed by atoms with Gasteiger partial charge in [-0.3, -0.25) is 0 Å². The highest BCUT2D eigenvalue weighted by atomic mass is 16.5. The van der Waals surface area contributed by atoms with Crippen molar-refractivity contribution in [3.8, 4) is 18.1 Å². The fourth-order valence-electron chi connectivity index (χ4n) is 1.54. The predicted molar refractivity (Wildman–Crippen MR) is 48.1 cm³/mol. The number of hydrogen-bond donors (Lipinski definition) is 0. The molecule has 1 aliphatic rings. The third-order valence-corrected chi connectivity index (χ3v) is 2.16. The van der Waals surface area contributed by atoms with Gasteiger partial charge in [-0.25, -0.2) is 0 Å². The summed E-state index contributed by atoms with van der Waals surface area (Å²) in [6, 6.07) is 8.09. The number of hydrogen-bond acceptors (Lipinski definition) is 1. The molecule has 1 heteroatoms. The first-order valence-corrected chi connectivity index (χ1v) is 4.07. The van der Waals surface area contributed by atoms with E-state index in [1.165, 1.54) is 5.56 Å². The molecule has 1 aliphatic heterocycles. The van der Waals surface area contributed by atoms with Crippen LogP contribution in [0.1, 0.15) is 17.9 Å². The Morgan fingerprint density at radius 2 is 2.33 bits per heavy atom. The Hall–Kier alpha value is -1.42. The maximum Gasteiger partial charge on any atom is 0.122 e. The molecule has 1 unspecified atom stereocenters. The summed E-state index contributed by atoms with van der Waals surface area (Å²) in [5.41, 5.74) is 1.26. The van der Waals surface area contributed by atoms with E-state index in [1.807, 2.05) is 18.2 Å². The van der Waals surface area contributed by atoms with Crippen LogP contribution in [0.25, 0.3) is 0 Å². The average molecular weight is 158 g/mol. The minimum atomic E-state index is 0.409. The van der Waals surface area contributed by atoms with E-state index in [0.717, 1.165) is 18.8 Å².